The van der Waals surface area contributed by atoms with E-state index in [1.165, 1.54) is 12.8 Å². The van der Waals surface area contributed by atoms with Gasteiger partial charge in [0.25, 0.3) is 5.56 Å². The Balaban J connectivity index is 1.80. The van der Waals surface area contributed by atoms with Crippen LogP contribution in [0.1, 0.15) is 51.4 Å². The van der Waals surface area contributed by atoms with Crippen LogP contribution in [0.15, 0.2) is 16.9 Å². The van der Waals surface area contributed by atoms with Gasteiger partial charge in [0.15, 0.2) is 5.65 Å². The summed E-state index contributed by atoms with van der Waals surface area (Å²) < 4.78 is 1.55. The molecule has 0 atom stereocenters. The molecular weight excluding hydrogens is 276 g/mol. The second kappa shape index (κ2) is 5.88. The van der Waals surface area contributed by atoms with Crippen molar-refractivity contribution in [2.45, 2.75) is 51.9 Å². The number of piperidine rings is 1. The van der Waals surface area contributed by atoms with Crippen LogP contribution in [0, 0.1) is 5.92 Å². The van der Waals surface area contributed by atoms with Gasteiger partial charge in [-0.2, -0.15) is 0 Å². The monoisotopic (exact) mass is 302 g/mol. The summed E-state index contributed by atoms with van der Waals surface area (Å²) in [6.45, 7) is 8.61. The fraction of sp³-hybridized carbons (Fsp3) is 0.647. The Morgan fingerprint density at radius 3 is 2.68 bits per heavy atom. The van der Waals surface area contributed by atoms with Gasteiger partial charge < -0.3 is 5.32 Å². The molecule has 0 saturated carbocycles. The molecule has 0 aromatic carbocycles. The SMILES string of the molecule is CC(C)(C)c1cc2nc(CCC3CCNCC3)cc(=O)n2[nH]1. The van der Waals surface area contributed by atoms with E-state index < -0.39 is 0 Å². The first-order valence-corrected chi connectivity index (χ1v) is 8.26. The van der Waals surface area contributed by atoms with Crippen molar-refractivity contribution < 1.29 is 0 Å². The van der Waals surface area contributed by atoms with E-state index in [-0.39, 0.29) is 11.0 Å². The van der Waals surface area contributed by atoms with E-state index in [4.69, 9.17) is 0 Å². The average Bonchev–Trinajstić information content (AvgIpc) is 2.91. The lowest BCUT2D eigenvalue weighted by Crippen LogP contribution is -2.28. The van der Waals surface area contributed by atoms with E-state index in [9.17, 15) is 4.79 Å². The molecule has 1 fully saturated rings. The third-order valence-electron chi connectivity index (χ3n) is 4.58. The fourth-order valence-electron chi connectivity index (χ4n) is 3.08. The van der Waals surface area contributed by atoms with Crippen LogP contribution in [0.25, 0.3) is 5.65 Å². The second-order valence-corrected chi connectivity index (χ2v) is 7.43. The molecular formula is C17H26N4O. The van der Waals surface area contributed by atoms with E-state index in [0.29, 0.717) is 0 Å². The predicted molar refractivity (Wildman–Crippen MR) is 88.4 cm³/mol. The first-order chi connectivity index (χ1) is 10.4. The van der Waals surface area contributed by atoms with Crippen LogP contribution in [0.5, 0.6) is 0 Å². The predicted octanol–water partition coefficient (Wildman–Crippen LogP) is 2.25. The quantitative estimate of drug-likeness (QED) is 0.914. The zero-order valence-electron chi connectivity index (χ0n) is 13.8. The summed E-state index contributed by atoms with van der Waals surface area (Å²) in [5.74, 6) is 0.762. The Hall–Kier alpha value is -1.62. The van der Waals surface area contributed by atoms with Gasteiger partial charge in [-0.15, -0.1) is 0 Å². The molecule has 1 aliphatic rings. The molecule has 22 heavy (non-hydrogen) atoms. The maximum atomic E-state index is 12.3. The summed E-state index contributed by atoms with van der Waals surface area (Å²) in [4.78, 5) is 16.9. The van der Waals surface area contributed by atoms with Crippen LogP contribution in [-0.4, -0.2) is 27.7 Å². The zero-order chi connectivity index (χ0) is 15.7. The van der Waals surface area contributed by atoms with Crippen molar-refractivity contribution in [2.75, 3.05) is 13.1 Å². The number of fused-ring (bicyclic) bond motifs is 1. The van der Waals surface area contributed by atoms with Crippen molar-refractivity contribution in [1.82, 2.24) is 19.9 Å². The van der Waals surface area contributed by atoms with Crippen LogP contribution in [0.2, 0.25) is 0 Å². The largest absolute Gasteiger partial charge is 0.317 e. The lowest BCUT2D eigenvalue weighted by molar-refractivity contribution is 0.353. The summed E-state index contributed by atoms with van der Waals surface area (Å²) in [6, 6.07) is 3.67. The first-order valence-electron chi connectivity index (χ1n) is 8.26. The Bertz CT molecular complexity index is 701. The number of aryl methyl sites for hydroxylation is 1. The number of aromatic nitrogens is 3. The van der Waals surface area contributed by atoms with Crippen molar-refractivity contribution in [3.63, 3.8) is 0 Å². The van der Waals surface area contributed by atoms with Gasteiger partial charge in [-0.05, 0) is 44.7 Å². The van der Waals surface area contributed by atoms with Crippen molar-refractivity contribution in [2.24, 2.45) is 5.92 Å². The molecule has 1 saturated heterocycles. The average molecular weight is 302 g/mol. The number of rotatable bonds is 3. The van der Waals surface area contributed by atoms with Gasteiger partial charge in [-0.25, -0.2) is 9.50 Å². The zero-order valence-corrected chi connectivity index (χ0v) is 13.8. The molecule has 0 aliphatic carbocycles. The van der Waals surface area contributed by atoms with Gasteiger partial charge >= 0.3 is 0 Å². The van der Waals surface area contributed by atoms with Crippen molar-refractivity contribution in [3.05, 3.63) is 33.9 Å². The standard InChI is InChI=1S/C17H26N4O/c1-17(2,3)14-11-15-19-13(10-16(22)21(15)20-14)5-4-12-6-8-18-9-7-12/h10-12,18,20H,4-9H2,1-3H3. The van der Waals surface area contributed by atoms with Gasteiger partial charge in [0.2, 0.25) is 0 Å². The Morgan fingerprint density at radius 2 is 2.00 bits per heavy atom. The van der Waals surface area contributed by atoms with E-state index in [2.05, 4.69) is 36.2 Å². The molecule has 5 nitrogen and oxygen atoms in total. The lowest BCUT2D eigenvalue weighted by Gasteiger charge is -2.22. The molecule has 1 aliphatic heterocycles. The van der Waals surface area contributed by atoms with E-state index in [1.54, 1.807) is 10.6 Å². The number of hydrogen-bond acceptors (Lipinski definition) is 3. The highest BCUT2D eigenvalue weighted by atomic mass is 16.1. The molecule has 3 rings (SSSR count). The van der Waals surface area contributed by atoms with Crippen LogP contribution in [0.4, 0.5) is 0 Å². The van der Waals surface area contributed by atoms with Crippen LogP contribution in [-0.2, 0) is 11.8 Å². The van der Waals surface area contributed by atoms with Gasteiger partial charge in [-0.1, -0.05) is 20.8 Å². The number of aromatic amines is 1. The van der Waals surface area contributed by atoms with Crippen LogP contribution >= 0.6 is 0 Å². The number of nitrogens with zero attached hydrogens (tertiary/aromatic N) is 2. The van der Waals surface area contributed by atoms with Gasteiger partial charge in [0.1, 0.15) is 0 Å². The van der Waals surface area contributed by atoms with Crippen molar-refractivity contribution in [3.8, 4) is 0 Å². The van der Waals surface area contributed by atoms with Crippen molar-refractivity contribution in [1.29, 1.82) is 0 Å². The Kier molecular flexibility index (Phi) is 4.08. The molecule has 3 heterocycles. The molecule has 2 aromatic heterocycles. The van der Waals surface area contributed by atoms with E-state index in [1.807, 2.05) is 6.07 Å². The second-order valence-electron chi connectivity index (χ2n) is 7.43. The Labute approximate surface area is 131 Å². The minimum absolute atomic E-state index is 0.0131. The molecule has 0 unspecified atom stereocenters. The molecule has 2 aromatic rings. The molecule has 0 radical (unpaired) electrons. The third kappa shape index (κ3) is 3.24. The van der Waals surface area contributed by atoms with E-state index in [0.717, 1.165) is 48.9 Å². The van der Waals surface area contributed by atoms with Gasteiger partial charge in [0.05, 0.1) is 0 Å². The highest BCUT2D eigenvalue weighted by Crippen LogP contribution is 2.21. The van der Waals surface area contributed by atoms with Crippen molar-refractivity contribution >= 4 is 5.65 Å². The summed E-state index contributed by atoms with van der Waals surface area (Å²) in [5, 5.41) is 6.56. The smallest absolute Gasteiger partial charge is 0.272 e. The molecule has 0 amide bonds. The maximum absolute atomic E-state index is 12.3. The molecule has 2 N–H and O–H groups in total. The fourth-order valence-corrected chi connectivity index (χ4v) is 3.08. The van der Waals surface area contributed by atoms with Crippen LogP contribution < -0.4 is 10.9 Å². The number of H-pyrrole nitrogens is 1. The van der Waals surface area contributed by atoms with Crippen LogP contribution in [0.3, 0.4) is 0 Å². The normalized spacial score (nSPS) is 17.2. The minimum atomic E-state index is -0.0185. The number of nitrogens with one attached hydrogen (secondary N) is 2. The van der Waals surface area contributed by atoms with E-state index >= 15 is 0 Å². The minimum Gasteiger partial charge on any atom is -0.317 e. The summed E-state index contributed by atoms with van der Waals surface area (Å²) in [6.07, 6.45) is 4.49. The maximum Gasteiger partial charge on any atom is 0.272 e. The van der Waals surface area contributed by atoms with Gasteiger partial charge in [-0.3, -0.25) is 9.89 Å². The highest BCUT2D eigenvalue weighted by molar-refractivity contribution is 5.41. The third-order valence-corrected chi connectivity index (χ3v) is 4.58. The first kappa shape index (κ1) is 15.3. The van der Waals surface area contributed by atoms with Gasteiger partial charge in [0, 0.05) is 28.9 Å². The summed E-state index contributed by atoms with van der Waals surface area (Å²) >= 11 is 0. The highest BCUT2D eigenvalue weighted by Gasteiger charge is 2.18. The Morgan fingerprint density at radius 1 is 1.27 bits per heavy atom. The molecule has 120 valence electrons. The lowest BCUT2D eigenvalue weighted by atomic mass is 9.92. The molecule has 0 spiro atoms. The summed E-state index contributed by atoms with van der Waals surface area (Å²) in [7, 11) is 0. The summed E-state index contributed by atoms with van der Waals surface area (Å²) in [5.41, 5.74) is 2.66. The molecule has 5 heteroatoms. The topological polar surface area (TPSA) is 62.2 Å². The molecule has 0 bridgehead atoms. The number of hydrogen-bond donors (Lipinski definition) is 2.